The largest absolute Gasteiger partial charge is 0.295 e. The van der Waals surface area contributed by atoms with Crippen molar-refractivity contribution in [1.82, 2.24) is 9.78 Å². The molecule has 4 heteroatoms. The molecule has 0 spiro atoms. The number of carbonyl (C=O) groups is 1. The van der Waals surface area contributed by atoms with Gasteiger partial charge in [-0.25, -0.2) is 0 Å². The fourth-order valence-electron chi connectivity index (χ4n) is 1.10. The van der Waals surface area contributed by atoms with E-state index in [4.69, 9.17) is 0 Å². The van der Waals surface area contributed by atoms with Crippen LogP contribution in [0, 0.1) is 0 Å². The summed E-state index contributed by atoms with van der Waals surface area (Å²) >= 11 is 0. The minimum Gasteiger partial charge on any atom is -0.295 e. The van der Waals surface area contributed by atoms with E-state index < -0.39 is 0 Å². The first kappa shape index (κ1) is 6.39. The van der Waals surface area contributed by atoms with Gasteiger partial charge in [0, 0.05) is 32.3 Å². The molecule has 0 atom stereocenters. The van der Waals surface area contributed by atoms with Crippen LogP contribution in [0.25, 0.3) is 0 Å². The second-order valence-electron chi connectivity index (χ2n) is 2.64. The molecule has 58 valence electrons. The van der Waals surface area contributed by atoms with Crippen LogP contribution in [-0.2, 0) is 11.8 Å². The van der Waals surface area contributed by atoms with Crippen LogP contribution < -0.4 is 4.90 Å². The Labute approximate surface area is 64.4 Å². The van der Waals surface area contributed by atoms with Crippen LogP contribution in [0.2, 0.25) is 0 Å². The van der Waals surface area contributed by atoms with Crippen LogP contribution in [0.3, 0.4) is 0 Å². The van der Waals surface area contributed by atoms with Crippen molar-refractivity contribution in [3.8, 4) is 0 Å². The molecule has 0 unspecified atom stereocenters. The van der Waals surface area contributed by atoms with E-state index in [0.717, 1.165) is 12.4 Å². The van der Waals surface area contributed by atoms with Crippen molar-refractivity contribution in [2.24, 2.45) is 7.05 Å². The maximum absolute atomic E-state index is 10.9. The summed E-state index contributed by atoms with van der Waals surface area (Å²) in [6.45, 7) is 0.815. The first-order valence-corrected chi connectivity index (χ1v) is 3.57. The number of aryl methyl sites for hydroxylation is 1. The Morgan fingerprint density at radius 2 is 2.45 bits per heavy atom. The number of anilines is 1. The second kappa shape index (κ2) is 2.08. The maximum Gasteiger partial charge on any atom is 0.230 e. The molecule has 4 nitrogen and oxygen atoms in total. The smallest absolute Gasteiger partial charge is 0.230 e. The van der Waals surface area contributed by atoms with Crippen LogP contribution in [0.5, 0.6) is 0 Å². The lowest BCUT2D eigenvalue weighted by molar-refractivity contribution is -0.122. The number of hydrogen-bond donors (Lipinski definition) is 0. The van der Waals surface area contributed by atoms with Gasteiger partial charge in [-0.05, 0) is 0 Å². The highest BCUT2D eigenvalue weighted by Crippen LogP contribution is 2.18. The SMILES string of the molecule is Cn1ccc(N2CCC2=O)n1. The highest BCUT2D eigenvalue weighted by atomic mass is 16.2. The summed E-state index contributed by atoms with van der Waals surface area (Å²) in [6.07, 6.45) is 2.50. The minimum atomic E-state index is 0.170. The molecule has 2 rings (SSSR count). The minimum absolute atomic E-state index is 0.170. The van der Waals surface area contributed by atoms with Crippen molar-refractivity contribution in [2.75, 3.05) is 11.4 Å². The molecule has 1 saturated heterocycles. The fourth-order valence-corrected chi connectivity index (χ4v) is 1.10. The van der Waals surface area contributed by atoms with E-state index in [1.807, 2.05) is 19.3 Å². The third kappa shape index (κ3) is 0.906. The Morgan fingerprint density at radius 3 is 2.82 bits per heavy atom. The summed E-state index contributed by atoms with van der Waals surface area (Å²) in [7, 11) is 1.84. The highest BCUT2D eigenvalue weighted by molar-refractivity contribution is 5.98. The number of β-lactam (4-membered cyclic amide) rings is 1. The average molecular weight is 151 g/mol. The Hall–Kier alpha value is -1.32. The molecular weight excluding hydrogens is 142 g/mol. The van der Waals surface area contributed by atoms with Gasteiger partial charge in [0.25, 0.3) is 0 Å². The molecule has 0 aromatic carbocycles. The molecule has 2 heterocycles. The van der Waals surface area contributed by atoms with Crippen molar-refractivity contribution >= 4 is 11.7 Å². The van der Waals surface area contributed by atoms with E-state index in [1.165, 1.54) is 0 Å². The molecule has 1 fully saturated rings. The summed E-state index contributed by atoms with van der Waals surface area (Å²) in [5, 5.41) is 4.10. The Morgan fingerprint density at radius 1 is 1.64 bits per heavy atom. The van der Waals surface area contributed by atoms with E-state index in [-0.39, 0.29) is 5.91 Å². The van der Waals surface area contributed by atoms with E-state index in [2.05, 4.69) is 5.10 Å². The van der Waals surface area contributed by atoms with Gasteiger partial charge >= 0.3 is 0 Å². The summed E-state index contributed by atoms with van der Waals surface area (Å²) in [5.41, 5.74) is 0. The lowest BCUT2D eigenvalue weighted by Gasteiger charge is -2.27. The standard InChI is InChI=1S/C7H9N3O/c1-9-4-2-6(8-9)10-5-3-7(10)11/h2,4H,3,5H2,1H3. The summed E-state index contributed by atoms with van der Waals surface area (Å²) in [4.78, 5) is 12.6. The van der Waals surface area contributed by atoms with Crippen molar-refractivity contribution in [1.29, 1.82) is 0 Å². The Kier molecular flexibility index (Phi) is 1.21. The van der Waals surface area contributed by atoms with Gasteiger partial charge in [-0.1, -0.05) is 0 Å². The van der Waals surface area contributed by atoms with Gasteiger partial charge < -0.3 is 0 Å². The van der Waals surface area contributed by atoms with Crippen molar-refractivity contribution in [3.63, 3.8) is 0 Å². The Balaban J connectivity index is 2.23. The third-order valence-electron chi connectivity index (χ3n) is 1.83. The van der Waals surface area contributed by atoms with Crippen molar-refractivity contribution in [3.05, 3.63) is 12.3 Å². The predicted octanol–water partition coefficient (Wildman–Crippen LogP) is 0.157. The van der Waals surface area contributed by atoms with Crippen LogP contribution in [-0.4, -0.2) is 22.2 Å². The third-order valence-corrected chi connectivity index (χ3v) is 1.83. The quantitative estimate of drug-likeness (QED) is 0.536. The average Bonchev–Trinajstić information content (AvgIpc) is 2.33. The molecule has 11 heavy (non-hydrogen) atoms. The molecule has 0 aliphatic carbocycles. The first-order valence-electron chi connectivity index (χ1n) is 3.57. The number of carbonyl (C=O) groups excluding carboxylic acids is 1. The summed E-state index contributed by atoms with van der Waals surface area (Å²) in [5.74, 6) is 0.937. The summed E-state index contributed by atoms with van der Waals surface area (Å²) < 4.78 is 1.70. The zero-order valence-electron chi connectivity index (χ0n) is 6.32. The van der Waals surface area contributed by atoms with Gasteiger partial charge in [0.1, 0.15) is 0 Å². The molecule has 0 radical (unpaired) electrons. The number of hydrogen-bond acceptors (Lipinski definition) is 2. The normalized spacial score (nSPS) is 16.8. The molecule has 1 aliphatic rings. The monoisotopic (exact) mass is 151 g/mol. The molecule has 0 bridgehead atoms. The molecule has 1 aliphatic heterocycles. The highest BCUT2D eigenvalue weighted by Gasteiger charge is 2.26. The number of amides is 1. The van der Waals surface area contributed by atoms with Gasteiger partial charge in [-0.2, -0.15) is 5.10 Å². The van der Waals surface area contributed by atoms with Gasteiger partial charge in [0.15, 0.2) is 5.82 Å². The molecule has 1 aromatic rings. The van der Waals surface area contributed by atoms with Gasteiger partial charge in [-0.15, -0.1) is 0 Å². The van der Waals surface area contributed by atoms with E-state index in [9.17, 15) is 4.79 Å². The molecule has 0 N–H and O–H groups in total. The zero-order valence-corrected chi connectivity index (χ0v) is 6.32. The summed E-state index contributed by atoms with van der Waals surface area (Å²) in [6, 6.07) is 1.84. The van der Waals surface area contributed by atoms with Gasteiger partial charge in [0.05, 0.1) is 0 Å². The maximum atomic E-state index is 10.9. The van der Waals surface area contributed by atoms with E-state index in [0.29, 0.717) is 6.42 Å². The molecule has 1 aromatic heterocycles. The van der Waals surface area contributed by atoms with Crippen molar-refractivity contribution in [2.45, 2.75) is 6.42 Å². The van der Waals surface area contributed by atoms with Gasteiger partial charge in [0.2, 0.25) is 5.91 Å². The van der Waals surface area contributed by atoms with E-state index >= 15 is 0 Å². The zero-order chi connectivity index (χ0) is 7.84. The Bertz CT molecular complexity index is 292. The number of nitrogens with zero attached hydrogens (tertiary/aromatic N) is 3. The lowest BCUT2D eigenvalue weighted by Crippen LogP contribution is -2.43. The molecular formula is C7H9N3O. The van der Waals surface area contributed by atoms with Crippen molar-refractivity contribution < 1.29 is 4.79 Å². The number of rotatable bonds is 1. The molecule has 1 amide bonds. The lowest BCUT2D eigenvalue weighted by atomic mass is 10.2. The van der Waals surface area contributed by atoms with Crippen LogP contribution in [0.15, 0.2) is 12.3 Å². The molecule has 0 saturated carbocycles. The predicted molar refractivity (Wildman–Crippen MR) is 40.2 cm³/mol. The first-order chi connectivity index (χ1) is 5.27. The topological polar surface area (TPSA) is 38.1 Å². The van der Waals surface area contributed by atoms with Crippen LogP contribution >= 0.6 is 0 Å². The number of aromatic nitrogens is 2. The van der Waals surface area contributed by atoms with Crippen LogP contribution in [0.1, 0.15) is 6.42 Å². The fraction of sp³-hybridized carbons (Fsp3) is 0.429. The van der Waals surface area contributed by atoms with E-state index in [1.54, 1.807) is 9.58 Å². The van der Waals surface area contributed by atoms with Crippen LogP contribution in [0.4, 0.5) is 5.82 Å². The second-order valence-corrected chi connectivity index (χ2v) is 2.64. The van der Waals surface area contributed by atoms with Gasteiger partial charge in [-0.3, -0.25) is 14.4 Å².